The predicted octanol–water partition coefficient (Wildman–Crippen LogP) is 3.95. The normalized spacial score (nSPS) is 11.8. The van der Waals surface area contributed by atoms with Crippen molar-refractivity contribution in [3.63, 3.8) is 0 Å². The van der Waals surface area contributed by atoms with Crippen molar-refractivity contribution in [3.05, 3.63) is 110 Å². The first-order valence-corrected chi connectivity index (χ1v) is 11.8. The van der Waals surface area contributed by atoms with Crippen LogP contribution in [-0.4, -0.2) is 20.0 Å². The van der Waals surface area contributed by atoms with Gasteiger partial charge in [-0.05, 0) is 36.8 Å². The highest BCUT2D eigenvalue weighted by Crippen LogP contribution is 2.23. The average molecular weight is 504 g/mol. The zero-order chi connectivity index (χ0) is 25.8. The second-order valence-electron chi connectivity index (χ2n) is 8.70. The number of amides is 1. The lowest BCUT2D eigenvalue weighted by atomic mass is 10.1. The van der Waals surface area contributed by atoms with Gasteiger partial charge in [0.1, 0.15) is 5.82 Å². The SMILES string of the molecule is Cc1ccc(Cn2c(Nc3ccc(-c4ccc(Cl)cn4)cc3)cc(=O)n(C[C@H](C)C(N)=O)c2=O)cc1. The Kier molecular flexibility index (Phi) is 7.36. The quantitative estimate of drug-likeness (QED) is 0.378. The standard InChI is InChI=1S/C27H26ClN5O3/c1-17-3-5-19(6-4-17)16-32-24(13-25(34)33(27(32)36)15-18(2)26(29)35)31-22-10-7-20(8-11-22)23-12-9-21(28)14-30-23/h3-14,18,31H,15-16H2,1-2H3,(H2,29,35)/t18-/m0/s1. The molecular weight excluding hydrogens is 478 g/mol. The monoisotopic (exact) mass is 503 g/mol. The maximum atomic E-state index is 13.4. The van der Waals surface area contributed by atoms with Gasteiger partial charge in [0.15, 0.2) is 0 Å². The number of aromatic nitrogens is 3. The van der Waals surface area contributed by atoms with Crippen LogP contribution in [0.25, 0.3) is 11.3 Å². The summed E-state index contributed by atoms with van der Waals surface area (Å²) in [6.07, 6.45) is 1.58. The first-order chi connectivity index (χ1) is 17.2. The van der Waals surface area contributed by atoms with Crippen LogP contribution in [0.15, 0.2) is 82.5 Å². The minimum Gasteiger partial charge on any atom is -0.369 e. The summed E-state index contributed by atoms with van der Waals surface area (Å²) < 4.78 is 2.53. The number of pyridine rings is 1. The Balaban J connectivity index is 1.70. The maximum absolute atomic E-state index is 13.4. The van der Waals surface area contributed by atoms with E-state index in [4.69, 9.17) is 17.3 Å². The van der Waals surface area contributed by atoms with Crippen molar-refractivity contribution in [2.75, 3.05) is 5.32 Å². The van der Waals surface area contributed by atoms with Crippen LogP contribution < -0.4 is 22.3 Å². The highest BCUT2D eigenvalue weighted by molar-refractivity contribution is 6.30. The van der Waals surface area contributed by atoms with Crippen LogP contribution in [0.4, 0.5) is 11.5 Å². The molecule has 0 saturated heterocycles. The fraction of sp³-hybridized carbons (Fsp3) is 0.185. The van der Waals surface area contributed by atoms with Gasteiger partial charge in [0.25, 0.3) is 5.56 Å². The van der Waals surface area contributed by atoms with E-state index >= 15 is 0 Å². The van der Waals surface area contributed by atoms with Crippen LogP contribution in [-0.2, 0) is 17.9 Å². The third kappa shape index (κ3) is 5.72. The Morgan fingerprint density at radius 3 is 2.33 bits per heavy atom. The Hall–Kier alpha value is -4.17. The number of halogens is 1. The molecule has 8 nitrogen and oxygen atoms in total. The van der Waals surface area contributed by atoms with E-state index in [1.54, 1.807) is 19.2 Å². The first-order valence-electron chi connectivity index (χ1n) is 11.4. The molecule has 184 valence electrons. The Morgan fingerprint density at radius 2 is 1.72 bits per heavy atom. The summed E-state index contributed by atoms with van der Waals surface area (Å²) >= 11 is 5.92. The van der Waals surface area contributed by atoms with Gasteiger partial charge >= 0.3 is 5.69 Å². The number of nitrogens with zero attached hydrogens (tertiary/aromatic N) is 3. The summed E-state index contributed by atoms with van der Waals surface area (Å²) in [5.41, 5.74) is 8.67. The molecule has 9 heteroatoms. The van der Waals surface area contributed by atoms with Crippen molar-refractivity contribution < 1.29 is 4.79 Å². The molecule has 2 heterocycles. The molecule has 0 aliphatic rings. The smallest absolute Gasteiger partial charge is 0.332 e. The van der Waals surface area contributed by atoms with E-state index in [1.165, 1.54) is 10.6 Å². The van der Waals surface area contributed by atoms with Crippen LogP contribution in [0.5, 0.6) is 0 Å². The van der Waals surface area contributed by atoms with E-state index in [-0.39, 0.29) is 13.1 Å². The maximum Gasteiger partial charge on any atom is 0.332 e. The topological polar surface area (TPSA) is 112 Å². The van der Waals surface area contributed by atoms with Gasteiger partial charge in [0.2, 0.25) is 5.91 Å². The number of rotatable bonds is 8. The fourth-order valence-corrected chi connectivity index (χ4v) is 3.81. The van der Waals surface area contributed by atoms with Gasteiger partial charge in [-0.3, -0.25) is 23.7 Å². The van der Waals surface area contributed by atoms with Crippen molar-refractivity contribution in [1.82, 2.24) is 14.1 Å². The summed E-state index contributed by atoms with van der Waals surface area (Å²) in [5.74, 6) is -0.911. The molecule has 3 N–H and O–H groups in total. The summed E-state index contributed by atoms with van der Waals surface area (Å²) in [7, 11) is 0. The number of primary amides is 1. The molecule has 0 saturated carbocycles. The number of nitrogens with two attached hydrogens (primary N) is 1. The number of aryl methyl sites for hydroxylation is 1. The zero-order valence-electron chi connectivity index (χ0n) is 19.9. The van der Waals surface area contributed by atoms with Crippen LogP contribution in [0.1, 0.15) is 18.1 Å². The molecule has 0 unspecified atom stereocenters. The Morgan fingerprint density at radius 1 is 1.03 bits per heavy atom. The van der Waals surface area contributed by atoms with Crippen molar-refractivity contribution >= 4 is 29.0 Å². The summed E-state index contributed by atoms with van der Waals surface area (Å²) in [5, 5.41) is 3.75. The lowest BCUT2D eigenvalue weighted by molar-refractivity contribution is -0.121. The number of anilines is 2. The predicted molar refractivity (Wildman–Crippen MR) is 142 cm³/mol. The minimum absolute atomic E-state index is 0.0933. The van der Waals surface area contributed by atoms with Crippen LogP contribution >= 0.6 is 11.6 Å². The first kappa shape index (κ1) is 24.9. The van der Waals surface area contributed by atoms with Crippen molar-refractivity contribution in [2.24, 2.45) is 11.7 Å². The molecule has 0 fully saturated rings. The van der Waals surface area contributed by atoms with E-state index in [9.17, 15) is 14.4 Å². The molecular formula is C27H26ClN5O3. The molecule has 2 aromatic carbocycles. The van der Waals surface area contributed by atoms with Crippen LogP contribution in [0.3, 0.4) is 0 Å². The molecule has 4 aromatic rings. The van der Waals surface area contributed by atoms with Crippen LogP contribution in [0.2, 0.25) is 5.02 Å². The van der Waals surface area contributed by atoms with Gasteiger partial charge in [0.05, 0.1) is 23.2 Å². The third-order valence-electron chi connectivity index (χ3n) is 5.86. The molecule has 0 aliphatic carbocycles. The van der Waals surface area contributed by atoms with E-state index in [2.05, 4.69) is 10.3 Å². The van der Waals surface area contributed by atoms with E-state index in [0.29, 0.717) is 16.5 Å². The van der Waals surface area contributed by atoms with Crippen molar-refractivity contribution in [3.8, 4) is 11.3 Å². The second-order valence-corrected chi connectivity index (χ2v) is 9.14. The largest absolute Gasteiger partial charge is 0.369 e. The molecule has 0 radical (unpaired) electrons. The summed E-state index contributed by atoms with van der Waals surface area (Å²) in [4.78, 5) is 42.2. The van der Waals surface area contributed by atoms with Gasteiger partial charge in [-0.2, -0.15) is 0 Å². The average Bonchev–Trinajstić information content (AvgIpc) is 2.86. The van der Waals surface area contributed by atoms with Gasteiger partial charge < -0.3 is 11.1 Å². The highest BCUT2D eigenvalue weighted by atomic mass is 35.5. The van der Waals surface area contributed by atoms with Crippen molar-refractivity contribution in [2.45, 2.75) is 26.9 Å². The number of carbonyl (C=O) groups excluding carboxylic acids is 1. The lowest BCUT2D eigenvalue weighted by Gasteiger charge is -2.18. The van der Waals surface area contributed by atoms with E-state index in [0.717, 1.165) is 27.0 Å². The van der Waals surface area contributed by atoms with E-state index < -0.39 is 23.1 Å². The molecule has 36 heavy (non-hydrogen) atoms. The molecule has 0 aliphatic heterocycles. The van der Waals surface area contributed by atoms with Gasteiger partial charge in [-0.1, -0.05) is 60.5 Å². The molecule has 1 amide bonds. The van der Waals surface area contributed by atoms with E-state index in [1.807, 2.05) is 61.5 Å². The number of benzene rings is 2. The second kappa shape index (κ2) is 10.6. The summed E-state index contributed by atoms with van der Waals surface area (Å²) in [6, 6.07) is 20.2. The number of carbonyl (C=O) groups is 1. The molecule has 2 aromatic heterocycles. The molecule has 4 rings (SSSR count). The number of hydrogen-bond acceptors (Lipinski definition) is 5. The number of hydrogen-bond donors (Lipinski definition) is 2. The number of nitrogens with one attached hydrogen (secondary N) is 1. The van der Waals surface area contributed by atoms with Gasteiger partial charge in [0, 0.05) is 30.1 Å². The molecule has 0 spiro atoms. The highest BCUT2D eigenvalue weighted by Gasteiger charge is 2.17. The zero-order valence-corrected chi connectivity index (χ0v) is 20.7. The van der Waals surface area contributed by atoms with Gasteiger partial charge in [-0.25, -0.2) is 4.79 Å². The van der Waals surface area contributed by atoms with Gasteiger partial charge in [-0.15, -0.1) is 0 Å². The lowest BCUT2D eigenvalue weighted by Crippen LogP contribution is -2.43. The minimum atomic E-state index is -0.670. The molecule has 0 bridgehead atoms. The molecule has 1 atom stereocenters. The Bertz CT molecular complexity index is 1490. The summed E-state index contributed by atoms with van der Waals surface area (Å²) in [6.45, 7) is 3.71. The van der Waals surface area contributed by atoms with Crippen LogP contribution in [0, 0.1) is 12.8 Å². The van der Waals surface area contributed by atoms with Crippen molar-refractivity contribution in [1.29, 1.82) is 0 Å². The fourth-order valence-electron chi connectivity index (χ4n) is 3.70. The third-order valence-corrected chi connectivity index (χ3v) is 6.09. The Labute approximate surface area is 213 Å².